The number of ether oxygens (including phenoxy) is 2. The lowest BCUT2D eigenvalue weighted by atomic mass is 9.92. The number of rotatable bonds is 5. The van der Waals surface area contributed by atoms with Crippen molar-refractivity contribution in [3.05, 3.63) is 47.3 Å². The third-order valence-corrected chi connectivity index (χ3v) is 8.02. The number of hydrogen-bond acceptors (Lipinski definition) is 8. The van der Waals surface area contributed by atoms with Crippen molar-refractivity contribution in [2.45, 2.75) is 66.8 Å². The number of aliphatic hydroxyl groups excluding tert-OH is 3. The van der Waals surface area contributed by atoms with Crippen LogP contribution in [0.25, 0.3) is 0 Å². The lowest BCUT2D eigenvalue weighted by molar-refractivity contribution is -0.205. The number of fused-ring (bicyclic) bond motifs is 1. The summed E-state index contributed by atoms with van der Waals surface area (Å²) in [6.07, 6.45) is -1.34. The Hall–Kier alpha value is -1.68. The molecular weight excluding hydrogens is 523 g/mol. The topological polar surface area (TPSA) is 120 Å². The number of alkyl halides is 1. The maximum atomic E-state index is 13.4. The molecular formula is C26H32ClFN2O6S. The quantitative estimate of drug-likeness (QED) is 0.267. The number of amides is 1. The summed E-state index contributed by atoms with van der Waals surface area (Å²) in [4.78, 5) is 13.3. The average molecular weight is 555 g/mol. The molecule has 10 atom stereocenters. The lowest BCUT2D eigenvalue weighted by Crippen LogP contribution is -2.65. The Balaban J connectivity index is 1.45. The molecule has 11 heteroatoms. The molecule has 2 saturated heterocycles. The summed E-state index contributed by atoms with van der Waals surface area (Å²) in [6.45, 7) is 2.53. The molecule has 3 aliphatic heterocycles. The van der Waals surface area contributed by atoms with Gasteiger partial charge in [-0.3, -0.25) is 4.79 Å². The van der Waals surface area contributed by atoms with Crippen molar-refractivity contribution < 1.29 is 34.0 Å². The first-order valence-electron chi connectivity index (χ1n) is 12.2. The van der Waals surface area contributed by atoms with Gasteiger partial charge in [-0.2, -0.15) is 0 Å². The predicted molar refractivity (Wildman–Crippen MR) is 138 cm³/mol. The molecule has 5 N–H and O–H groups in total. The zero-order valence-electron chi connectivity index (χ0n) is 20.5. The Morgan fingerprint density at radius 2 is 2.05 bits per heavy atom. The summed E-state index contributed by atoms with van der Waals surface area (Å²) in [5, 5.41) is 36.5. The van der Waals surface area contributed by atoms with Crippen molar-refractivity contribution in [1.29, 1.82) is 0 Å². The molecule has 1 aromatic rings. The second-order valence-corrected chi connectivity index (χ2v) is 11.1. The third kappa shape index (κ3) is 6.49. The van der Waals surface area contributed by atoms with Gasteiger partial charge in [-0.15, -0.1) is 23.4 Å². The van der Waals surface area contributed by atoms with E-state index in [1.165, 1.54) is 23.9 Å². The molecule has 4 rings (SSSR count). The summed E-state index contributed by atoms with van der Waals surface area (Å²) in [6, 6.07) is 4.59. The standard InChI is InChI=1S/C26H32ClFN2O6S/c1-13(27)18(24-21(32)20(31)22(33)26(36-24)37-2)30-25(34)19-23-16(12-29-19)10-15(8-9-35-23)7-6-14-4-3-5-17(28)11-14/h3-5,10-11,13,16,18-24,26,29,31-33H,8-9,12H2,1-2H3,(H,30,34)/t13-,16-,18+,19-,20?,21?,22?,23+,24?,26?/m0/s1. The van der Waals surface area contributed by atoms with Crippen LogP contribution >= 0.6 is 23.4 Å². The molecule has 0 aromatic heterocycles. The van der Waals surface area contributed by atoms with Crippen LogP contribution in [0.5, 0.6) is 0 Å². The van der Waals surface area contributed by atoms with E-state index in [0.717, 1.165) is 5.57 Å². The molecule has 8 nitrogen and oxygen atoms in total. The molecule has 0 saturated carbocycles. The van der Waals surface area contributed by atoms with Crippen LogP contribution in [0.15, 0.2) is 35.9 Å². The van der Waals surface area contributed by atoms with Crippen molar-refractivity contribution in [3.63, 3.8) is 0 Å². The molecule has 0 radical (unpaired) electrons. The average Bonchev–Trinajstić information content (AvgIpc) is 3.15. The van der Waals surface area contributed by atoms with Crippen molar-refractivity contribution in [2.75, 3.05) is 19.4 Å². The van der Waals surface area contributed by atoms with E-state index in [9.17, 15) is 24.5 Å². The van der Waals surface area contributed by atoms with E-state index >= 15 is 0 Å². The Kier molecular flexibility index (Phi) is 9.53. The SMILES string of the molecule is CSC1OC([C@H](NC(=O)[C@H]2NC[C@@H]3C=C(C#Cc4cccc(F)c4)CCO[C@@H]23)[C@H](C)Cl)C(O)C(O)C1O. The van der Waals surface area contributed by atoms with Gasteiger partial charge in [0.25, 0.3) is 0 Å². The molecule has 0 bridgehead atoms. The highest BCUT2D eigenvalue weighted by atomic mass is 35.5. The second-order valence-electron chi connectivity index (χ2n) is 9.48. The molecule has 0 spiro atoms. The van der Waals surface area contributed by atoms with Crippen LogP contribution in [0.3, 0.4) is 0 Å². The van der Waals surface area contributed by atoms with E-state index in [1.807, 2.05) is 6.08 Å². The van der Waals surface area contributed by atoms with Crippen LogP contribution in [0.4, 0.5) is 4.39 Å². The molecule has 3 heterocycles. The van der Waals surface area contributed by atoms with E-state index in [0.29, 0.717) is 25.1 Å². The van der Waals surface area contributed by atoms with E-state index in [-0.39, 0.29) is 17.6 Å². The fourth-order valence-electron chi connectivity index (χ4n) is 4.91. The maximum absolute atomic E-state index is 13.4. The van der Waals surface area contributed by atoms with Crippen LogP contribution in [0.1, 0.15) is 18.9 Å². The number of hydrogen-bond donors (Lipinski definition) is 5. The zero-order valence-corrected chi connectivity index (χ0v) is 22.1. The number of benzene rings is 1. The van der Waals surface area contributed by atoms with Gasteiger partial charge in [-0.1, -0.05) is 24.0 Å². The van der Waals surface area contributed by atoms with Crippen LogP contribution in [-0.2, 0) is 14.3 Å². The minimum Gasteiger partial charge on any atom is -0.388 e. The number of aliphatic hydroxyl groups is 3. The van der Waals surface area contributed by atoms with Crippen molar-refractivity contribution >= 4 is 29.3 Å². The first kappa shape index (κ1) is 28.3. The third-order valence-electron chi connectivity index (χ3n) is 6.89. The molecule has 2 fully saturated rings. The van der Waals surface area contributed by atoms with Gasteiger partial charge in [0.2, 0.25) is 5.91 Å². The van der Waals surface area contributed by atoms with Gasteiger partial charge in [-0.25, -0.2) is 4.39 Å². The normalized spacial score (nSPS) is 35.3. The molecule has 1 amide bonds. The Morgan fingerprint density at radius 1 is 1.27 bits per heavy atom. The van der Waals surface area contributed by atoms with Gasteiger partial charge < -0.3 is 35.4 Å². The summed E-state index contributed by atoms with van der Waals surface area (Å²) >= 11 is 7.58. The van der Waals surface area contributed by atoms with Crippen LogP contribution in [-0.4, -0.2) is 94.1 Å². The van der Waals surface area contributed by atoms with Crippen molar-refractivity contribution in [3.8, 4) is 11.8 Å². The highest BCUT2D eigenvalue weighted by Gasteiger charge is 2.49. The molecule has 5 unspecified atom stereocenters. The van der Waals surface area contributed by atoms with E-state index in [1.54, 1.807) is 25.3 Å². The number of halogens is 2. The van der Waals surface area contributed by atoms with Crippen LogP contribution < -0.4 is 10.6 Å². The highest BCUT2D eigenvalue weighted by molar-refractivity contribution is 7.99. The monoisotopic (exact) mass is 554 g/mol. The van der Waals surface area contributed by atoms with Gasteiger partial charge in [0.15, 0.2) is 0 Å². The molecule has 0 aliphatic carbocycles. The van der Waals surface area contributed by atoms with Gasteiger partial charge in [0, 0.05) is 30.0 Å². The van der Waals surface area contributed by atoms with E-state index in [2.05, 4.69) is 22.5 Å². The molecule has 3 aliphatic rings. The molecule has 1 aromatic carbocycles. The second kappa shape index (κ2) is 12.5. The first-order chi connectivity index (χ1) is 17.7. The van der Waals surface area contributed by atoms with Gasteiger partial charge in [0.05, 0.1) is 24.1 Å². The Labute approximate surface area is 224 Å². The van der Waals surface area contributed by atoms with E-state index in [4.69, 9.17) is 21.1 Å². The van der Waals surface area contributed by atoms with Crippen LogP contribution in [0, 0.1) is 23.6 Å². The smallest absolute Gasteiger partial charge is 0.240 e. The fraction of sp³-hybridized carbons (Fsp3) is 0.577. The van der Waals surface area contributed by atoms with Crippen LogP contribution in [0.2, 0.25) is 0 Å². The minimum absolute atomic E-state index is 0.101. The summed E-state index contributed by atoms with van der Waals surface area (Å²) in [5.74, 6) is 5.27. The molecule has 37 heavy (non-hydrogen) atoms. The largest absolute Gasteiger partial charge is 0.388 e. The predicted octanol–water partition coefficient (Wildman–Crippen LogP) is 0.763. The van der Waals surface area contributed by atoms with Gasteiger partial charge >= 0.3 is 0 Å². The number of thioether (sulfide) groups is 1. The molecule has 202 valence electrons. The summed E-state index contributed by atoms with van der Waals surface area (Å²) < 4.78 is 25.3. The lowest BCUT2D eigenvalue weighted by Gasteiger charge is -2.44. The fourth-order valence-corrected chi connectivity index (χ4v) is 5.79. The minimum atomic E-state index is -1.44. The Bertz CT molecular complexity index is 1060. The first-order valence-corrected chi connectivity index (χ1v) is 13.9. The maximum Gasteiger partial charge on any atom is 0.240 e. The number of nitrogens with one attached hydrogen (secondary N) is 2. The zero-order chi connectivity index (χ0) is 26.7. The number of carbonyl (C=O) groups excluding carboxylic acids is 1. The Morgan fingerprint density at radius 3 is 2.76 bits per heavy atom. The van der Waals surface area contributed by atoms with Crippen molar-refractivity contribution in [2.24, 2.45) is 5.92 Å². The summed E-state index contributed by atoms with van der Waals surface area (Å²) in [7, 11) is 0. The van der Waals surface area contributed by atoms with Gasteiger partial charge in [0.1, 0.15) is 41.7 Å². The number of carbonyl (C=O) groups is 1. The van der Waals surface area contributed by atoms with E-state index < -0.39 is 53.4 Å². The van der Waals surface area contributed by atoms with Crippen molar-refractivity contribution in [1.82, 2.24) is 10.6 Å². The van der Waals surface area contributed by atoms with Gasteiger partial charge in [-0.05, 0) is 31.4 Å². The summed E-state index contributed by atoms with van der Waals surface area (Å²) in [5.41, 5.74) is 0.662. The highest BCUT2D eigenvalue weighted by Crippen LogP contribution is 2.31.